The Bertz CT molecular complexity index is 905. The summed E-state index contributed by atoms with van der Waals surface area (Å²) in [5, 5.41) is 2.82. The predicted octanol–water partition coefficient (Wildman–Crippen LogP) is 4.93. The molecular weight excluding hydrogens is 400 g/mol. The molecule has 164 valence electrons. The molecule has 7 heteroatoms. The normalized spacial score (nSPS) is 11.5. The second-order valence-electron chi connectivity index (χ2n) is 7.08. The molecule has 6 nitrogen and oxygen atoms in total. The fraction of sp³-hybridized carbons (Fsp3) is 0.435. The predicted molar refractivity (Wildman–Crippen MR) is 121 cm³/mol. The first-order valence-corrected chi connectivity index (χ1v) is 12.0. The first-order chi connectivity index (χ1) is 14.4. The lowest BCUT2D eigenvalue weighted by molar-refractivity contribution is 0.102. The van der Waals surface area contributed by atoms with E-state index in [1.54, 1.807) is 30.3 Å². The van der Waals surface area contributed by atoms with Gasteiger partial charge < -0.3 is 10.1 Å². The van der Waals surface area contributed by atoms with E-state index in [-0.39, 0.29) is 10.8 Å². The van der Waals surface area contributed by atoms with Gasteiger partial charge in [-0.3, -0.25) is 4.79 Å². The van der Waals surface area contributed by atoms with Crippen LogP contribution in [0.4, 0.5) is 5.69 Å². The van der Waals surface area contributed by atoms with Crippen LogP contribution in [-0.4, -0.2) is 38.3 Å². The second-order valence-corrected chi connectivity index (χ2v) is 9.02. The van der Waals surface area contributed by atoms with E-state index in [4.69, 9.17) is 4.74 Å². The molecule has 2 aromatic rings. The van der Waals surface area contributed by atoms with Crippen molar-refractivity contribution in [1.82, 2.24) is 4.31 Å². The van der Waals surface area contributed by atoms with Crippen molar-refractivity contribution in [2.75, 3.05) is 25.0 Å². The molecule has 0 aromatic heterocycles. The smallest absolute Gasteiger partial charge is 0.259 e. The van der Waals surface area contributed by atoms with E-state index < -0.39 is 10.0 Å². The number of anilines is 1. The van der Waals surface area contributed by atoms with Crippen molar-refractivity contribution in [3.05, 3.63) is 54.1 Å². The molecule has 0 heterocycles. The number of hydrogen-bond donors (Lipinski definition) is 1. The Balaban J connectivity index is 2.13. The molecule has 1 N–H and O–H groups in total. The van der Waals surface area contributed by atoms with Gasteiger partial charge in [0.15, 0.2) is 0 Å². The molecule has 2 aromatic carbocycles. The van der Waals surface area contributed by atoms with Gasteiger partial charge in [0.25, 0.3) is 5.91 Å². The van der Waals surface area contributed by atoms with Gasteiger partial charge in [0.05, 0.1) is 17.1 Å². The maximum atomic E-state index is 12.9. The third-order valence-electron chi connectivity index (χ3n) is 4.58. The van der Waals surface area contributed by atoms with Gasteiger partial charge in [-0.25, -0.2) is 8.42 Å². The van der Waals surface area contributed by atoms with Crippen molar-refractivity contribution >= 4 is 21.6 Å². The van der Waals surface area contributed by atoms with Gasteiger partial charge >= 0.3 is 0 Å². The highest BCUT2D eigenvalue weighted by Crippen LogP contribution is 2.22. The van der Waals surface area contributed by atoms with Gasteiger partial charge in [-0.05, 0) is 55.7 Å². The standard InChI is InChI=1S/C23H32N2O4S/c1-4-7-18-29-22-11-9-8-10-21(22)23(26)24-19-12-14-20(15-13-19)30(27,28)25(16-5-2)17-6-3/h8-15H,4-7,16-18H2,1-3H3,(H,24,26). The number of rotatable bonds is 12. The minimum atomic E-state index is -3.54. The summed E-state index contributed by atoms with van der Waals surface area (Å²) in [6.07, 6.45) is 3.44. The van der Waals surface area contributed by atoms with Crippen molar-refractivity contribution in [2.45, 2.75) is 51.3 Å². The molecule has 0 aliphatic heterocycles. The molecule has 30 heavy (non-hydrogen) atoms. The molecule has 0 unspecified atom stereocenters. The Morgan fingerprint density at radius 1 is 0.933 bits per heavy atom. The molecular formula is C23H32N2O4S. The van der Waals surface area contributed by atoms with E-state index in [1.807, 2.05) is 19.9 Å². The minimum Gasteiger partial charge on any atom is -0.493 e. The Morgan fingerprint density at radius 3 is 2.17 bits per heavy atom. The number of nitrogens with one attached hydrogen (secondary N) is 1. The van der Waals surface area contributed by atoms with Crippen LogP contribution in [0.25, 0.3) is 0 Å². The summed E-state index contributed by atoms with van der Waals surface area (Å²) in [7, 11) is -3.54. The van der Waals surface area contributed by atoms with E-state index in [9.17, 15) is 13.2 Å². The fourth-order valence-electron chi connectivity index (χ4n) is 3.02. The summed E-state index contributed by atoms with van der Waals surface area (Å²) in [4.78, 5) is 12.9. The number of ether oxygens (including phenoxy) is 1. The third-order valence-corrected chi connectivity index (χ3v) is 6.50. The lowest BCUT2D eigenvalue weighted by atomic mass is 10.2. The zero-order chi connectivity index (χ0) is 22.0. The third kappa shape index (κ3) is 6.31. The number of carbonyl (C=O) groups is 1. The first-order valence-electron chi connectivity index (χ1n) is 10.6. The van der Waals surface area contributed by atoms with Crippen LogP contribution in [0.2, 0.25) is 0 Å². The van der Waals surface area contributed by atoms with Crippen molar-refractivity contribution in [3.63, 3.8) is 0 Å². The molecule has 0 saturated carbocycles. The number of sulfonamides is 1. The lowest BCUT2D eigenvalue weighted by Gasteiger charge is -2.21. The van der Waals surface area contributed by atoms with Gasteiger partial charge in [-0.15, -0.1) is 0 Å². The van der Waals surface area contributed by atoms with E-state index in [2.05, 4.69) is 12.2 Å². The molecule has 0 bridgehead atoms. The average molecular weight is 433 g/mol. The molecule has 0 saturated heterocycles. The zero-order valence-corrected chi connectivity index (χ0v) is 18.9. The van der Waals surface area contributed by atoms with Crippen molar-refractivity contribution < 1.29 is 17.9 Å². The fourth-order valence-corrected chi connectivity index (χ4v) is 4.64. The number of carbonyl (C=O) groups excluding carboxylic acids is 1. The number of nitrogens with zero attached hydrogens (tertiary/aromatic N) is 1. The summed E-state index contributed by atoms with van der Waals surface area (Å²) < 4.78 is 32.9. The van der Waals surface area contributed by atoms with E-state index in [0.717, 1.165) is 25.7 Å². The summed E-state index contributed by atoms with van der Waals surface area (Å²) in [5.41, 5.74) is 0.974. The van der Waals surface area contributed by atoms with Crippen LogP contribution in [0.1, 0.15) is 56.8 Å². The van der Waals surface area contributed by atoms with Crippen molar-refractivity contribution in [3.8, 4) is 5.75 Å². The van der Waals surface area contributed by atoms with Crippen LogP contribution in [0.3, 0.4) is 0 Å². The molecule has 2 rings (SSSR count). The second kappa shape index (κ2) is 11.7. The maximum absolute atomic E-state index is 12.9. The maximum Gasteiger partial charge on any atom is 0.259 e. The average Bonchev–Trinajstić information content (AvgIpc) is 2.74. The van der Waals surface area contributed by atoms with Crippen molar-refractivity contribution in [1.29, 1.82) is 0 Å². The molecule has 0 radical (unpaired) electrons. The van der Waals surface area contributed by atoms with Crippen LogP contribution in [-0.2, 0) is 10.0 Å². The van der Waals surface area contributed by atoms with E-state index in [0.29, 0.717) is 36.7 Å². The van der Waals surface area contributed by atoms with Gasteiger partial charge in [0.2, 0.25) is 10.0 Å². The largest absolute Gasteiger partial charge is 0.493 e. The molecule has 0 spiro atoms. The summed E-state index contributed by atoms with van der Waals surface area (Å²) in [5.74, 6) is 0.244. The van der Waals surface area contributed by atoms with Gasteiger partial charge in [0.1, 0.15) is 5.75 Å². The van der Waals surface area contributed by atoms with Gasteiger partial charge in [-0.1, -0.05) is 39.3 Å². The number of benzene rings is 2. The van der Waals surface area contributed by atoms with Crippen LogP contribution in [0, 0.1) is 0 Å². The van der Waals surface area contributed by atoms with Crippen LogP contribution in [0.5, 0.6) is 5.75 Å². The van der Waals surface area contributed by atoms with Crippen LogP contribution in [0.15, 0.2) is 53.4 Å². The van der Waals surface area contributed by atoms with Gasteiger partial charge in [0, 0.05) is 18.8 Å². The monoisotopic (exact) mass is 432 g/mol. The molecule has 1 amide bonds. The first kappa shape index (κ1) is 23.9. The number of hydrogen-bond acceptors (Lipinski definition) is 4. The topological polar surface area (TPSA) is 75.7 Å². The van der Waals surface area contributed by atoms with E-state index >= 15 is 0 Å². The lowest BCUT2D eigenvalue weighted by Crippen LogP contribution is -2.32. The highest BCUT2D eigenvalue weighted by atomic mass is 32.2. The van der Waals surface area contributed by atoms with Crippen molar-refractivity contribution in [2.24, 2.45) is 0 Å². The van der Waals surface area contributed by atoms with Crippen LogP contribution < -0.4 is 10.1 Å². The number of amides is 1. The summed E-state index contributed by atoms with van der Waals surface area (Å²) in [6, 6.07) is 13.4. The zero-order valence-electron chi connectivity index (χ0n) is 18.1. The minimum absolute atomic E-state index is 0.227. The summed E-state index contributed by atoms with van der Waals surface area (Å²) >= 11 is 0. The van der Waals surface area contributed by atoms with Gasteiger partial charge in [-0.2, -0.15) is 4.31 Å². The number of unbranched alkanes of at least 4 members (excludes halogenated alkanes) is 1. The SMILES string of the molecule is CCCCOc1ccccc1C(=O)Nc1ccc(S(=O)(=O)N(CCC)CCC)cc1. The quantitative estimate of drug-likeness (QED) is 0.483. The Morgan fingerprint density at radius 2 is 1.57 bits per heavy atom. The Labute approximate surface area is 180 Å². The molecule has 0 atom stereocenters. The highest BCUT2D eigenvalue weighted by molar-refractivity contribution is 7.89. The molecule has 0 aliphatic rings. The van der Waals surface area contributed by atoms with Crippen LogP contribution >= 0.6 is 0 Å². The molecule has 0 fully saturated rings. The molecule has 0 aliphatic carbocycles. The summed E-state index contributed by atoms with van der Waals surface area (Å²) in [6.45, 7) is 7.53. The Kier molecular flexibility index (Phi) is 9.33. The Hall–Kier alpha value is -2.38. The highest BCUT2D eigenvalue weighted by Gasteiger charge is 2.23. The van der Waals surface area contributed by atoms with E-state index in [1.165, 1.54) is 16.4 Å². The number of para-hydroxylation sites is 1.